The van der Waals surface area contributed by atoms with E-state index in [1.165, 1.54) is 0 Å². The van der Waals surface area contributed by atoms with Gasteiger partial charge in [-0.05, 0) is 19.1 Å². The van der Waals surface area contributed by atoms with E-state index < -0.39 is 0 Å². The van der Waals surface area contributed by atoms with E-state index in [9.17, 15) is 0 Å². The molecule has 1 rings (SSSR count). The third-order valence-corrected chi connectivity index (χ3v) is 2.32. The first kappa shape index (κ1) is 9.82. The van der Waals surface area contributed by atoms with Crippen LogP contribution in [-0.4, -0.2) is 10.7 Å². The zero-order chi connectivity index (χ0) is 9.52. The monoisotopic (exact) mass is 190 g/mol. The van der Waals surface area contributed by atoms with Crippen LogP contribution < -0.4 is 0 Å². The van der Waals surface area contributed by atoms with Gasteiger partial charge in [0.05, 0.1) is 10.6 Å². The minimum Gasteiger partial charge on any atom is -0.249 e. The van der Waals surface area contributed by atoms with Crippen LogP contribution >= 0.6 is 11.8 Å². The van der Waals surface area contributed by atoms with Crippen LogP contribution in [0.15, 0.2) is 35.5 Å². The predicted molar refractivity (Wildman–Crippen MR) is 54.5 cm³/mol. The quantitative estimate of drug-likeness (QED) is 0.543. The molecule has 0 bridgehead atoms. The van der Waals surface area contributed by atoms with Crippen LogP contribution in [0.2, 0.25) is 0 Å². The highest BCUT2D eigenvalue weighted by Gasteiger charge is 1.93. The molecule has 0 fully saturated rings. The van der Waals surface area contributed by atoms with Crippen molar-refractivity contribution in [3.8, 4) is 6.07 Å². The molecule has 0 saturated heterocycles. The first-order chi connectivity index (χ1) is 6.36. The van der Waals surface area contributed by atoms with Gasteiger partial charge in [0.15, 0.2) is 0 Å². The van der Waals surface area contributed by atoms with Crippen molar-refractivity contribution in [3.05, 3.63) is 36.0 Å². The van der Waals surface area contributed by atoms with Crippen molar-refractivity contribution < 1.29 is 0 Å². The summed E-state index contributed by atoms with van der Waals surface area (Å²) in [5.41, 5.74) is 0.607. The van der Waals surface area contributed by atoms with Crippen LogP contribution in [0, 0.1) is 11.3 Å². The molecule has 0 spiro atoms. The number of nitrogens with zero attached hydrogens (tertiary/aromatic N) is 2. The van der Waals surface area contributed by atoms with E-state index in [4.69, 9.17) is 5.26 Å². The lowest BCUT2D eigenvalue weighted by molar-refractivity contribution is 1.13. The third kappa shape index (κ3) is 3.30. The Morgan fingerprint density at radius 3 is 3.00 bits per heavy atom. The number of aromatic nitrogens is 1. The van der Waals surface area contributed by atoms with Crippen molar-refractivity contribution in [2.75, 3.05) is 5.75 Å². The van der Waals surface area contributed by atoms with Gasteiger partial charge in [0, 0.05) is 11.9 Å². The SMILES string of the molecule is C/C=C/CSc1ccc(C#N)cn1. The highest BCUT2D eigenvalue weighted by atomic mass is 32.2. The van der Waals surface area contributed by atoms with Gasteiger partial charge in [-0.1, -0.05) is 12.2 Å². The second-order valence-corrected chi connectivity index (χ2v) is 3.42. The molecule has 1 aromatic rings. The lowest BCUT2D eigenvalue weighted by Crippen LogP contribution is -1.81. The van der Waals surface area contributed by atoms with E-state index in [1.54, 1.807) is 24.0 Å². The summed E-state index contributed by atoms with van der Waals surface area (Å²) in [5, 5.41) is 9.49. The van der Waals surface area contributed by atoms with E-state index in [2.05, 4.69) is 11.1 Å². The highest BCUT2D eigenvalue weighted by Crippen LogP contribution is 2.14. The van der Waals surface area contributed by atoms with Crippen LogP contribution in [-0.2, 0) is 0 Å². The molecule has 0 aliphatic rings. The van der Waals surface area contributed by atoms with Crippen molar-refractivity contribution in [1.82, 2.24) is 4.98 Å². The average molecular weight is 190 g/mol. The normalized spacial score (nSPS) is 10.2. The first-order valence-electron chi connectivity index (χ1n) is 3.97. The molecule has 0 amide bonds. The Morgan fingerprint density at radius 2 is 2.46 bits per heavy atom. The van der Waals surface area contributed by atoms with Gasteiger partial charge in [0.25, 0.3) is 0 Å². The van der Waals surface area contributed by atoms with Crippen molar-refractivity contribution >= 4 is 11.8 Å². The van der Waals surface area contributed by atoms with E-state index in [0.29, 0.717) is 5.56 Å². The minimum atomic E-state index is 0.607. The molecule has 13 heavy (non-hydrogen) atoms. The fraction of sp³-hybridized carbons (Fsp3) is 0.200. The number of thioether (sulfide) groups is 1. The van der Waals surface area contributed by atoms with Crippen LogP contribution in [0.3, 0.4) is 0 Å². The van der Waals surface area contributed by atoms with Crippen LogP contribution in [0.1, 0.15) is 12.5 Å². The molecular formula is C10H10N2S. The Bertz CT molecular complexity index is 322. The van der Waals surface area contributed by atoms with Gasteiger partial charge in [-0.3, -0.25) is 0 Å². The van der Waals surface area contributed by atoms with Crippen LogP contribution in [0.5, 0.6) is 0 Å². The molecule has 1 aromatic heterocycles. The average Bonchev–Trinajstić information content (AvgIpc) is 2.19. The standard InChI is InChI=1S/C10H10N2S/c1-2-3-6-13-10-5-4-9(7-11)8-12-10/h2-5,8H,6H2,1H3/b3-2+. The van der Waals surface area contributed by atoms with E-state index >= 15 is 0 Å². The summed E-state index contributed by atoms with van der Waals surface area (Å²) < 4.78 is 0. The van der Waals surface area contributed by atoms with Crippen molar-refractivity contribution in [1.29, 1.82) is 5.26 Å². The number of allylic oxidation sites excluding steroid dienone is 1. The van der Waals surface area contributed by atoms with Crippen molar-refractivity contribution in [3.63, 3.8) is 0 Å². The summed E-state index contributed by atoms with van der Waals surface area (Å²) in [6, 6.07) is 5.69. The summed E-state index contributed by atoms with van der Waals surface area (Å²) in [6.45, 7) is 1.99. The number of hydrogen-bond acceptors (Lipinski definition) is 3. The summed E-state index contributed by atoms with van der Waals surface area (Å²) in [4.78, 5) is 4.13. The third-order valence-electron chi connectivity index (χ3n) is 1.43. The minimum absolute atomic E-state index is 0.607. The maximum atomic E-state index is 8.53. The summed E-state index contributed by atoms with van der Waals surface area (Å²) in [5.74, 6) is 0.926. The number of rotatable bonds is 3. The molecule has 0 saturated carbocycles. The lowest BCUT2D eigenvalue weighted by Gasteiger charge is -1.95. The molecule has 0 unspecified atom stereocenters. The van der Waals surface area contributed by atoms with E-state index in [1.807, 2.05) is 25.1 Å². The number of pyridine rings is 1. The van der Waals surface area contributed by atoms with Gasteiger partial charge in [-0.25, -0.2) is 4.98 Å². The molecule has 2 nitrogen and oxygen atoms in total. The molecule has 0 aromatic carbocycles. The Kier molecular flexibility index (Phi) is 4.07. The summed E-state index contributed by atoms with van der Waals surface area (Å²) in [6.07, 6.45) is 5.68. The van der Waals surface area contributed by atoms with E-state index in [-0.39, 0.29) is 0 Å². The molecule has 0 N–H and O–H groups in total. The molecule has 0 aliphatic carbocycles. The molecule has 66 valence electrons. The van der Waals surface area contributed by atoms with Gasteiger partial charge in [0.1, 0.15) is 6.07 Å². The lowest BCUT2D eigenvalue weighted by atomic mass is 10.3. The Balaban J connectivity index is 2.55. The van der Waals surface area contributed by atoms with Gasteiger partial charge < -0.3 is 0 Å². The number of nitriles is 1. The zero-order valence-corrected chi connectivity index (χ0v) is 8.21. The molecule has 1 heterocycles. The second kappa shape index (κ2) is 5.39. The number of hydrogen-bond donors (Lipinski definition) is 0. The Labute approximate surface area is 82.3 Å². The highest BCUT2D eigenvalue weighted by molar-refractivity contribution is 7.99. The topological polar surface area (TPSA) is 36.7 Å². The summed E-state index contributed by atoms with van der Waals surface area (Å²) in [7, 11) is 0. The largest absolute Gasteiger partial charge is 0.249 e. The van der Waals surface area contributed by atoms with Gasteiger partial charge in [-0.2, -0.15) is 5.26 Å². The molecule has 0 radical (unpaired) electrons. The zero-order valence-electron chi connectivity index (χ0n) is 7.40. The fourth-order valence-electron chi connectivity index (χ4n) is 0.762. The molecular weight excluding hydrogens is 180 g/mol. The van der Waals surface area contributed by atoms with E-state index in [0.717, 1.165) is 10.8 Å². The smallest absolute Gasteiger partial charge is 0.101 e. The fourth-order valence-corrected chi connectivity index (χ4v) is 1.51. The summed E-state index contributed by atoms with van der Waals surface area (Å²) >= 11 is 1.66. The van der Waals surface area contributed by atoms with Crippen LogP contribution in [0.25, 0.3) is 0 Å². The molecule has 0 atom stereocenters. The van der Waals surface area contributed by atoms with Gasteiger partial charge in [-0.15, -0.1) is 11.8 Å². The van der Waals surface area contributed by atoms with Gasteiger partial charge >= 0.3 is 0 Å². The van der Waals surface area contributed by atoms with Gasteiger partial charge in [0.2, 0.25) is 0 Å². The molecule has 0 aliphatic heterocycles. The Hall–Kier alpha value is -1.27. The Morgan fingerprint density at radius 1 is 1.62 bits per heavy atom. The van der Waals surface area contributed by atoms with Crippen molar-refractivity contribution in [2.45, 2.75) is 11.9 Å². The predicted octanol–water partition coefficient (Wildman–Crippen LogP) is 2.62. The van der Waals surface area contributed by atoms with Crippen LogP contribution in [0.4, 0.5) is 0 Å². The maximum absolute atomic E-state index is 8.53. The first-order valence-corrected chi connectivity index (χ1v) is 4.95. The second-order valence-electron chi connectivity index (χ2n) is 2.38. The van der Waals surface area contributed by atoms with Crippen molar-refractivity contribution in [2.24, 2.45) is 0 Å². The maximum Gasteiger partial charge on any atom is 0.101 e. The molecule has 3 heteroatoms.